The Morgan fingerprint density at radius 2 is 2.10 bits per heavy atom. The number of imidazole rings is 1. The van der Waals surface area contributed by atoms with Gasteiger partial charge in [-0.1, -0.05) is 18.5 Å². The van der Waals surface area contributed by atoms with E-state index in [9.17, 15) is 5.11 Å². The van der Waals surface area contributed by atoms with Crippen LogP contribution in [0.15, 0.2) is 18.2 Å². The zero-order valence-corrected chi connectivity index (χ0v) is 17.3. The molecule has 4 atom stereocenters. The summed E-state index contributed by atoms with van der Waals surface area (Å²) >= 11 is 8.17. The number of aryl methyl sites for hydroxylation is 1. The molecular weight excluding hydrogens is 416 g/mol. The van der Waals surface area contributed by atoms with E-state index in [4.69, 9.17) is 25.8 Å². The normalized spacial score (nSPS) is 26.2. The fourth-order valence-electron chi connectivity index (χ4n) is 3.64. The third-order valence-corrected chi connectivity index (χ3v) is 6.66. The molecule has 10 heteroatoms. The predicted molar refractivity (Wildman–Crippen MR) is 110 cm³/mol. The van der Waals surface area contributed by atoms with Crippen molar-refractivity contribution in [2.24, 2.45) is 0 Å². The summed E-state index contributed by atoms with van der Waals surface area (Å²) in [6.07, 6.45) is -0.569. The Morgan fingerprint density at radius 1 is 1.28 bits per heavy atom. The molecule has 8 nitrogen and oxygen atoms in total. The lowest BCUT2D eigenvalue weighted by Gasteiger charge is -2.15. The highest BCUT2D eigenvalue weighted by atomic mass is 35.5. The van der Waals surface area contributed by atoms with Crippen LogP contribution in [0.25, 0.3) is 11.2 Å². The van der Waals surface area contributed by atoms with E-state index in [0.717, 1.165) is 6.42 Å². The second-order valence-corrected chi connectivity index (χ2v) is 8.79. The van der Waals surface area contributed by atoms with Gasteiger partial charge in [-0.25, -0.2) is 4.98 Å². The average Bonchev–Trinajstić information content (AvgIpc) is 3.47. The molecule has 2 aliphatic rings. The molecule has 2 saturated heterocycles. The third-order valence-electron chi connectivity index (χ3n) is 5.15. The lowest BCUT2D eigenvalue weighted by molar-refractivity contribution is 0.00706. The molecule has 0 radical (unpaired) electrons. The number of rotatable bonds is 6. The van der Waals surface area contributed by atoms with Gasteiger partial charge in [0.2, 0.25) is 0 Å². The standard InChI is InChI=1S/C19H21ClN4O4S/c1-2-9-3-4-10(29-9)6-21-17-11(20)5-12-18(23-17)24-19(22-12)28-14-8-27-15-13(25)7-26-16(14)15/h3-5,13-16,25H,2,6-8H2,1H3,(H2,21,22,23,24)/t13-,14-,15-,16-/m1/s1. The van der Waals surface area contributed by atoms with Crippen LogP contribution in [0.2, 0.25) is 5.02 Å². The Morgan fingerprint density at radius 3 is 2.93 bits per heavy atom. The van der Waals surface area contributed by atoms with Crippen LogP contribution in [0.4, 0.5) is 5.82 Å². The summed E-state index contributed by atoms with van der Waals surface area (Å²) in [5.41, 5.74) is 1.19. The number of aliphatic hydroxyl groups is 1. The SMILES string of the molecule is CCc1ccc(CNc2nc3nc(O[C@@H]4CO[C@H]5[C@@H]4OC[C@H]5O)[nH]c3cc2Cl)s1. The number of hydrogen-bond acceptors (Lipinski definition) is 8. The van der Waals surface area contributed by atoms with Gasteiger partial charge >= 0.3 is 0 Å². The monoisotopic (exact) mass is 436 g/mol. The first-order valence-corrected chi connectivity index (χ1v) is 10.8. The van der Waals surface area contributed by atoms with Gasteiger partial charge in [-0.3, -0.25) is 0 Å². The lowest BCUT2D eigenvalue weighted by Crippen LogP contribution is -2.34. The van der Waals surface area contributed by atoms with Crippen LogP contribution in [0.5, 0.6) is 6.01 Å². The van der Waals surface area contributed by atoms with Crippen molar-refractivity contribution in [3.8, 4) is 6.01 Å². The van der Waals surface area contributed by atoms with Crippen molar-refractivity contribution in [1.82, 2.24) is 15.0 Å². The quantitative estimate of drug-likeness (QED) is 0.546. The van der Waals surface area contributed by atoms with Crippen molar-refractivity contribution in [1.29, 1.82) is 0 Å². The second-order valence-electron chi connectivity index (χ2n) is 7.13. The zero-order chi connectivity index (χ0) is 20.0. The van der Waals surface area contributed by atoms with Crippen molar-refractivity contribution in [2.75, 3.05) is 18.5 Å². The van der Waals surface area contributed by atoms with Gasteiger partial charge < -0.3 is 29.6 Å². The number of nitrogens with one attached hydrogen (secondary N) is 2. The molecule has 0 aromatic carbocycles. The van der Waals surface area contributed by atoms with Crippen molar-refractivity contribution in [2.45, 2.75) is 44.3 Å². The van der Waals surface area contributed by atoms with E-state index in [1.807, 2.05) is 0 Å². The molecule has 0 saturated carbocycles. The van der Waals surface area contributed by atoms with Gasteiger partial charge in [-0.05, 0) is 24.6 Å². The van der Waals surface area contributed by atoms with E-state index in [-0.39, 0.29) is 24.9 Å². The number of aromatic nitrogens is 3. The smallest absolute Gasteiger partial charge is 0.296 e. The predicted octanol–water partition coefficient (Wildman–Crippen LogP) is 2.75. The molecular formula is C19H21ClN4O4S. The van der Waals surface area contributed by atoms with Gasteiger partial charge in [0.1, 0.15) is 24.1 Å². The summed E-state index contributed by atoms with van der Waals surface area (Å²) in [6.45, 7) is 3.39. The van der Waals surface area contributed by atoms with Crippen LogP contribution in [0.3, 0.4) is 0 Å². The summed E-state index contributed by atoms with van der Waals surface area (Å²) in [4.78, 5) is 14.6. The number of halogens is 1. The minimum atomic E-state index is -0.616. The minimum Gasteiger partial charge on any atom is -0.456 e. The summed E-state index contributed by atoms with van der Waals surface area (Å²) in [7, 11) is 0. The average molecular weight is 437 g/mol. The molecule has 0 amide bonds. The number of nitrogens with zero attached hydrogens (tertiary/aromatic N) is 2. The summed E-state index contributed by atoms with van der Waals surface area (Å²) < 4.78 is 17.1. The van der Waals surface area contributed by atoms with E-state index < -0.39 is 6.10 Å². The zero-order valence-electron chi connectivity index (χ0n) is 15.7. The molecule has 0 aliphatic carbocycles. The maximum atomic E-state index is 9.85. The second kappa shape index (κ2) is 7.73. The van der Waals surface area contributed by atoms with E-state index in [2.05, 4.69) is 39.3 Å². The van der Waals surface area contributed by atoms with Crippen LogP contribution >= 0.6 is 22.9 Å². The Bertz CT molecular complexity index is 1020. The minimum absolute atomic E-state index is 0.255. The molecule has 3 aromatic heterocycles. The number of thiophene rings is 1. The molecule has 3 N–H and O–H groups in total. The molecule has 2 fully saturated rings. The van der Waals surface area contributed by atoms with Gasteiger partial charge in [0.25, 0.3) is 6.01 Å². The van der Waals surface area contributed by atoms with Crippen LogP contribution < -0.4 is 10.1 Å². The summed E-state index contributed by atoms with van der Waals surface area (Å²) in [5.74, 6) is 0.579. The van der Waals surface area contributed by atoms with Crippen molar-refractivity contribution < 1.29 is 19.3 Å². The molecule has 0 unspecified atom stereocenters. The largest absolute Gasteiger partial charge is 0.456 e. The van der Waals surface area contributed by atoms with Gasteiger partial charge in [-0.2, -0.15) is 4.98 Å². The highest BCUT2D eigenvalue weighted by Gasteiger charge is 2.48. The van der Waals surface area contributed by atoms with Crippen LogP contribution in [0.1, 0.15) is 16.7 Å². The maximum Gasteiger partial charge on any atom is 0.296 e. The Balaban J connectivity index is 1.30. The maximum absolute atomic E-state index is 9.85. The first kappa shape index (κ1) is 19.1. The lowest BCUT2D eigenvalue weighted by atomic mass is 10.1. The molecule has 154 valence electrons. The number of pyridine rings is 1. The van der Waals surface area contributed by atoms with E-state index in [1.54, 1.807) is 17.4 Å². The van der Waals surface area contributed by atoms with Gasteiger partial charge in [0.05, 0.1) is 30.3 Å². The Kier molecular flexibility index (Phi) is 5.09. The fraction of sp³-hybridized carbons (Fsp3) is 0.474. The number of aliphatic hydroxyl groups excluding tert-OH is 1. The Labute approximate surface area is 176 Å². The molecule has 5 rings (SSSR count). The molecule has 2 aliphatic heterocycles. The van der Waals surface area contributed by atoms with Gasteiger partial charge in [0.15, 0.2) is 11.8 Å². The summed E-state index contributed by atoms with van der Waals surface area (Å²) in [6, 6.07) is 6.36. The number of H-pyrrole nitrogens is 1. The highest BCUT2D eigenvalue weighted by Crippen LogP contribution is 2.31. The Hall–Kier alpha value is -1.91. The topological polar surface area (TPSA) is 102 Å². The van der Waals surface area contributed by atoms with Crippen LogP contribution in [-0.4, -0.2) is 57.7 Å². The number of aromatic amines is 1. The number of fused-ring (bicyclic) bond motifs is 2. The molecule has 3 aromatic rings. The first-order chi connectivity index (χ1) is 14.1. The molecule has 0 spiro atoms. The van der Waals surface area contributed by atoms with Crippen molar-refractivity contribution in [3.05, 3.63) is 33.0 Å². The molecule has 29 heavy (non-hydrogen) atoms. The number of anilines is 1. The molecule has 0 bridgehead atoms. The van der Waals surface area contributed by atoms with Crippen molar-refractivity contribution in [3.63, 3.8) is 0 Å². The van der Waals surface area contributed by atoms with E-state index in [1.165, 1.54) is 9.75 Å². The summed E-state index contributed by atoms with van der Waals surface area (Å²) in [5, 5.41) is 13.6. The third kappa shape index (κ3) is 3.69. The van der Waals surface area contributed by atoms with Crippen LogP contribution in [-0.2, 0) is 22.4 Å². The number of ether oxygens (including phenoxy) is 3. The highest BCUT2D eigenvalue weighted by molar-refractivity contribution is 7.12. The number of hydrogen-bond donors (Lipinski definition) is 3. The van der Waals surface area contributed by atoms with E-state index >= 15 is 0 Å². The van der Waals surface area contributed by atoms with Gasteiger partial charge in [0, 0.05) is 9.75 Å². The first-order valence-electron chi connectivity index (χ1n) is 9.56. The van der Waals surface area contributed by atoms with Crippen molar-refractivity contribution >= 4 is 39.9 Å². The fourth-order valence-corrected chi connectivity index (χ4v) is 4.76. The van der Waals surface area contributed by atoms with E-state index in [0.29, 0.717) is 41.2 Å². The van der Waals surface area contributed by atoms with Crippen LogP contribution in [0, 0.1) is 0 Å². The molecule has 5 heterocycles. The van der Waals surface area contributed by atoms with Gasteiger partial charge in [-0.15, -0.1) is 11.3 Å².